The zero-order valence-corrected chi connectivity index (χ0v) is 8.18. The third-order valence-corrected chi connectivity index (χ3v) is 2.23. The molecule has 5 heteroatoms. The van der Waals surface area contributed by atoms with Gasteiger partial charge in [0.15, 0.2) is 0 Å². The van der Waals surface area contributed by atoms with Gasteiger partial charge in [0.25, 0.3) is 0 Å². The molecule has 0 aliphatic heterocycles. The Hall–Kier alpha value is -0.520. The zero-order chi connectivity index (χ0) is 10.0. The molecule has 0 fully saturated rings. The van der Waals surface area contributed by atoms with Crippen LogP contribution in [0, 0.1) is 11.6 Å². The summed E-state index contributed by atoms with van der Waals surface area (Å²) in [5, 5.41) is 9.18. The van der Waals surface area contributed by atoms with E-state index in [1.54, 1.807) is 0 Å². The van der Waals surface area contributed by atoms with Crippen LogP contribution < -0.4 is 5.73 Å². The highest BCUT2D eigenvalue weighted by atomic mass is 79.9. The van der Waals surface area contributed by atoms with Gasteiger partial charge >= 0.3 is 0 Å². The Kier molecular flexibility index (Phi) is 3.35. The summed E-state index contributed by atoms with van der Waals surface area (Å²) in [5.74, 6) is -1.30. The number of hydrogen-bond acceptors (Lipinski definition) is 2. The van der Waals surface area contributed by atoms with Crippen molar-refractivity contribution in [2.75, 3.05) is 6.54 Å². The lowest BCUT2D eigenvalue weighted by atomic mass is 10.1. The lowest BCUT2D eigenvalue weighted by molar-refractivity contribution is 0.181. The maximum atomic E-state index is 13.1. The number of aliphatic hydroxyl groups is 1. The number of hydrogen-bond donors (Lipinski definition) is 2. The second-order valence-corrected chi connectivity index (χ2v) is 3.39. The summed E-state index contributed by atoms with van der Waals surface area (Å²) in [5.41, 5.74) is 4.99. The summed E-state index contributed by atoms with van der Waals surface area (Å²) >= 11 is 2.82. The predicted octanol–water partition coefficient (Wildman–Crippen LogP) is 1.72. The van der Waals surface area contributed by atoms with Gasteiger partial charge in [-0.25, -0.2) is 8.78 Å². The summed E-state index contributed by atoms with van der Waals surface area (Å²) in [6.07, 6.45) is -1.16. The minimum atomic E-state index is -1.16. The van der Waals surface area contributed by atoms with E-state index in [-0.39, 0.29) is 16.6 Å². The molecule has 0 saturated carbocycles. The fraction of sp³-hybridized carbons (Fsp3) is 0.250. The van der Waals surface area contributed by atoms with E-state index in [2.05, 4.69) is 15.9 Å². The fourth-order valence-electron chi connectivity index (χ4n) is 0.920. The third-order valence-electron chi connectivity index (χ3n) is 1.62. The summed E-state index contributed by atoms with van der Waals surface area (Å²) < 4.78 is 26.0. The highest BCUT2D eigenvalue weighted by Gasteiger charge is 2.14. The van der Waals surface area contributed by atoms with Gasteiger partial charge in [-0.2, -0.15) is 0 Å². The first-order chi connectivity index (χ1) is 6.06. The Bertz CT molecular complexity index is 319. The van der Waals surface area contributed by atoms with Gasteiger partial charge in [-0.15, -0.1) is 0 Å². The average Bonchev–Trinajstić information content (AvgIpc) is 2.10. The Morgan fingerprint density at radius 3 is 2.54 bits per heavy atom. The van der Waals surface area contributed by atoms with Crippen molar-refractivity contribution in [3.8, 4) is 0 Å². The fourth-order valence-corrected chi connectivity index (χ4v) is 1.24. The molecule has 1 aromatic rings. The van der Waals surface area contributed by atoms with Gasteiger partial charge in [-0.3, -0.25) is 0 Å². The van der Waals surface area contributed by atoms with Crippen molar-refractivity contribution in [1.82, 2.24) is 0 Å². The Labute approximate surface area is 82.5 Å². The molecule has 0 heterocycles. The largest absolute Gasteiger partial charge is 0.387 e. The van der Waals surface area contributed by atoms with Crippen LogP contribution in [-0.2, 0) is 0 Å². The van der Waals surface area contributed by atoms with E-state index in [1.165, 1.54) is 0 Å². The third kappa shape index (κ3) is 2.24. The molecule has 0 aliphatic carbocycles. The van der Waals surface area contributed by atoms with Gasteiger partial charge in [0.05, 0.1) is 10.6 Å². The van der Waals surface area contributed by atoms with E-state index in [0.29, 0.717) is 0 Å². The van der Waals surface area contributed by atoms with Crippen LogP contribution in [0.15, 0.2) is 16.6 Å². The second kappa shape index (κ2) is 4.13. The van der Waals surface area contributed by atoms with Gasteiger partial charge in [0.2, 0.25) is 0 Å². The van der Waals surface area contributed by atoms with Crippen molar-refractivity contribution in [3.05, 3.63) is 33.8 Å². The van der Waals surface area contributed by atoms with Crippen LogP contribution in [0.25, 0.3) is 0 Å². The molecule has 0 bridgehead atoms. The summed E-state index contributed by atoms with van der Waals surface area (Å²) in [6, 6.07) is 1.89. The molecule has 72 valence electrons. The summed E-state index contributed by atoms with van der Waals surface area (Å²) in [4.78, 5) is 0. The van der Waals surface area contributed by atoms with Gasteiger partial charge in [-0.05, 0) is 28.1 Å². The van der Waals surface area contributed by atoms with Crippen molar-refractivity contribution >= 4 is 15.9 Å². The van der Waals surface area contributed by atoms with Crippen molar-refractivity contribution in [2.45, 2.75) is 6.10 Å². The quantitative estimate of drug-likeness (QED) is 0.787. The smallest absolute Gasteiger partial charge is 0.137 e. The Balaban J connectivity index is 3.15. The minimum absolute atomic E-state index is 0.0259. The normalized spacial score (nSPS) is 13.0. The lowest BCUT2D eigenvalue weighted by Crippen LogP contribution is -2.13. The van der Waals surface area contributed by atoms with Crippen LogP contribution in [0.1, 0.15) is 11.7 Å². The first-order valence-corrected chi connectivity index (χ1v) is 4.38. The average molecular weight is 252 g/mol. The molecule has 1 aromatic carbocycles. The molecular weight excluding hydrogens is 244 g/mol. The van der Waals surface area contributed by atoms with Gasteiger partial charge in [0, 0.05) is 12.1 Å². The van der Waals surface area contributed by atoms with Crippen molar-refractivity contribution in [3.63, 3.8) is 0 Å². The molecule has 3 N–H and O–H groups in total. The number of benzene rings is 1. The molecule has 1 atom stereocenters. The highest BCUT2D eigenvalue weighted by molar-refractivity contribution is 9.10. The van der Waals surface area contributed by atoms with E-state index in [9.17, 15) is 13.9 Å². The summed E-state index contributed by atoms with van der Waals surface area (Å²) in [7, 11) is 0. The van der Waals surface area contributed by atoms with E-state index in [0.717, 1.165) is 12.1 Å². The second-order valence-electron chi connectivity index (χ2n) is 2.54. The van der Waals surface area contributed by atoms with Crippen LogP contribution >= 0.6 is 15.9 Å². The Morgan fingerprint density at radius 2 is 2.00 bits per heavy atom. The van der Waals surface area contributed by atoms with Crippen LogP contribution in [-0.4, -0.2) is 11.7 Å². The zero-order valence-electron chi connectivity index (χ0n) is 6.60. The highest BCUT2D eigenvalue weighted by Crippen LogP contribution is 2.23. The maximum absolute atomic E-state index is 13.1. The van der Waals surface area contributed by atoms with Crippen LogP contribution in [0.5, 0.6) is 0 Å². The van der Waals surface area contributed by atoms with Crippen molar-refractivity contribution in [2.24, 2.45) is 5.73 Å². The van der Waals surface area contributed by atoms with Crippen molar-refractivity contribution in [1.29, 1.82) is 0 Å². The number of nitrogens with two attached hydrogens (primary N) is 1. The Morgan fingerprint density at radius 1 is 1.38 bits per heavy atom. The summed E-state index contributed by atoms with van der Waals surface area (Å²) in [6.45, 7) is -0.141. The molecule has 13 heavy (non-hydrogen) atoms. The first kappa shape index (κ1) is 10.6. The number of rotatable bonds is 2. The lowest BCUT2D eigenvalue weighted by Gasteiger charge is -2.09. The molecular formula is C8H8BrF2NO. The van der Waals surface area contributed by atoms with Gasteiger partial charge < -0.3 is 10.8 Å². The van der Waals surface area contributed by atoms with Crippen LogP contribution in [0.2, 0.25) is 0 Å². The molecule has 1 rings (SSSR count). The molecule has 0 aliphatic rings. The molecule has 0 spiro atoms. The predicted molar refractivity (Wildman–Crippen MR) is 48.1 cm³/mol. The number of halogens is 3. The molecule has 0 saturated heterocycles. The SMILES string of the molecule is NC[C@@H](O)c1cc(F)c(Br)cc1F. The molecule has 2 nitrogen and oxygen atoms in total. The van der Waals surface area contributed by atoms with E-state index < -0.39 is 17.7 Å². The first-order valence-electron chi connectivity index (χ1n) is 3.59. The van der Waals surface area contributed by atoms with E-state index in [1.807, 2.05) is 0 Å². The van der Waals surface area contributed by atoms with E-state index in [4.69, 9.17) is 5.73 Å². The van der Waals surface area contributed by atoms with Crippen LogP contribution in [0.4, 0.5) is 8.78 Å². The minimum Gasteiger partial charge on any atom is -0.387 e. The maximum Gasteiger partial charge on any atom is 0.137 e. The van der Waals surface area contributed by atoms with Crippen molar-refractivity contribution < 1.29 is 13.9 Å². The molecule has 0 amide bonds. The van der Waals surface area contributed by atoms with Gasteiger partial charge in [-0.1, -0.05) is 0 Å². The molecule has 0 radical (unpaired) electrons. The molecule has 0 aromatic heterocycles. The van der Waals surface area contributed by atoms with E-state index >= 15 is 0 Å². The number of aliphatic hydroxyl groups excluding tert-OH is 1. The standard InChI is InChI=1S/C8H8BrF2NO/c9-5-2-6(10)4(1-7(5)11)8(13)3-12/h1-2,8,13H,3,12H2/t8-/m1/s1. The monoisotopic (exact) mass is 251 g/mol. The topological polar surface area (TPSA) is 46.2 Å². The molecule has 0 unspecified atom stereocenters. The van der Waals surface area contributed by atoms with Crippen LogP contribution in [0.3, 0.4) is 0 Å². The van der Waals surface area contributed by atoms with Gasteiger partial charge in [0.1, 0.15) is 11.6 Å².